The predicted octanol–water partition coefficient (Wildman–Crippen LogP) is 1.12. The first-order chi connectivity index (χ1) is 5.69. The molecule has 0 bridgehead atoms. The number of H-pyrrole nitrogens is 1. The summed E-state index contributed by atoms with van der Waals surface area (Å²) in [6, 6.07) is 3.73. The molecular formula is C9H10N2O. The molecule has 3 nitrogen and oxygen atoms in total. The van der Waals surface area contributed by atoms with Crippen molar-refractivity contribution in [3.8, 4) is 6.07 Å². The minimum absolute atomic E-state index is 0.239. The van der Waals surface area contributed by atoms with Crippen LogP contribution in [0.25, 0.3) is 0 Å². The zero-order chi connectivity index (χ0) is 9.14. The smallest absolute Gasteiger partial charge is 0.266 e. The van der Waals surface area contributed by atoms with Gasteiger partial charge in [-0.2, -0.15) is 5.26 Å². The Hall–Kier alpha value is -1.56. The molecule has 0 unspecified atom stereocenters. The molecule has 12 heavy (non-hydrogen) atoms. The molecule has 0 saturated carbocycles. The van der Waals surface area contributed by atoms with Crippen molar-refractivity contribution in [1.82, 2.24) is 4.98 Å². The minimum Gasteiger partial charge on any atom is -0.325 e. The zero-order valence-electron chi connectivity index (χ0n) is 7.14. The Morgan fingerprint density at radius 1 is 1.67 bits per heavy atom. The number of nitrogens with one attached hydrogen (secondary N) is 1. The van der Waals surface area contributed by atoms with Crippen LogP contribution >= 0.6 is 0 Å². The Bertz CT molecular complexity index is 384. The summed E-state index contributed by atoms with van der Waals surface area (Å²) in [6.45, 7) is 3.73. The van der Waals surface area contributed by atoms with Crippen molar-refractivity contribution in [2.75, 3.05) is 0 Å². The van der Waals surface area contributed by atoms with Crippen molar-refractivity contribution < 1.29 is 0 Å². The number of rotatable bonds is 1. The molecule has 0 fully saturated rings. The first-order valence-corrected chi connectivity index (χ1v) is 3.82. The number of aryl methyl sites for hydroxylation is 2. The molecule has 62 valence electrons. The molecular weight excluding hydrogens is 152 g/mol. The maximum atomic E-state index is 11.2. The maximum absolute atomic E-state index is 11.2. The van der Waals surface area contributed by atoms with Gasteiger partial charge in [0.1, 0.15) is 11.6 Å². The molecule has 0 aliphatic rings. The number of pyridine rings is 1. The molecule has 0 radical (unpaired) electrons. The van der Waals surface area contributed by atoms with Crippen LogP contribution in [0.15, 0.2) is 10.9 Å². The summed E-state index contributed by atoms with van der Waals surface area (Å²) < 4.78 is 0. The molecule has 0 aliphatic heterocycles. The Morgan fingerprint density at radius 2 is 2.33 bits per heavy atom. The van der Waals surface area contributed by atoms with E-state index in [0.29, 0.717) is 6.42 Å². The van der Waals surface area contributed by atoms with Gasteiger partial charge in [-0.3, -0.25) is 4.79 Å². The van der Waals surface area contributed by atoms with Crippen LogP contribution in [-0.2, 0) is 6.42 Å². The molecule has 1 N–H and O–H groups in total. The summed E-state index contributed by atoms with van der Waals surface area (Å²) in [5, 5.41) is 8.65. The van der Waals surface area contributed by atoms with Crippen LogP contribution in [0, 0.1) is 18.3 Å². The highest BCUT2D eigenvalue weighted by atomic mass is 16.1. The molecule has 0 aromatic carbocycles. The van der Waals surface area contributed by atoms with Gasteiger partial charge in [0.05, 0.1) is 0 Å². The predicted molar refractivity (Wildman–Crippen MR) is 45.9 cm³/mol. The SMILES string of the molecule is CCc1cc(C)[nH]c(=O)c1C#N. The van der Waals surface area contributed by atoms with E-state index in [0.717, 1.165) is 11.3 Å². The Morgan fingerprint density at radius 3 is 2.83 bits per heavy atom. The van der Waals surface area contributed by atoms with E-state index in [-0.39, 0.29) is 11.1 Å². The lowest BCUT2D eigenvalue weighted by atomic mass is 10.1. The van der Waals surface area contributed by atoms with Gasteiger partial charge in [-0.25, -0.2) is 0 Å². The Labute approximate surface area is 70.7 Å². The molecule has 0 saturated heterocycles. The quantitative estimate of drug-likeness (QED) is 0.672. The third kappa shape index (κ3) is 1.37. The van der Waals surface area contributed by atoms with Gasteiger partial charge < -0.3 is 4.98 Å². The number of aromatic amines is 1. The van der Waals surface area contributed by atoms with E-state index in [1.165, 1.54) is 0 Å². The Balaban J connectivity index is 3.47. The van der Waals surface area contributed by atoms with Gasteiger partial charge in [-0.05, 0) is 25.0 Å². The lowest BCUT2D eigenvalue weighted by Gasteiger charge is -2.00. The molecule has 0 aliphatic carbocycles. The number of hydrogen-bond donors (Lipinski definition) is 1. The van der Waals surface area contributed by atoms with E-state index < -0.39 is 0 Å². The molecule has 1 heterocycles. The van der Waals surface area contributed by atoms with E-state index in [9.17, 15) is 4.79 Å². The van der Waals surface area contributed by atoms with Gasteiger partial charge in [-0.1, -0.05) is 6.92 Å². The second-order valence-electron chi connectivity index (χ2n) is 2.65. The first kappa shape index (κ1) is 8.54. The largest absolute Gasteiger partial charge is 0.325 e. The summed E-state index contributed by atoms with van der Waals surface area (Å²) in [7, 11) is 0. The van der Waals surface area contributed by atoms with Gasteiger partial charge >= 0.3 is 0 Å². The van der Waals surface area contributed by atoms with E-state index >= 15 is 0 Å². The molecule has 0 atom stereocenters. The molecule has 0 amide bonds. The lowest BCUT2D eigenvalue weighted by molar-refractivity contribution is 1.04. The van der Waals surface area contributed by atoms with Gasteiger partial charge in [0.25, 0.3) is 5.56 Å². The van der Waals surface area contributed by atoms with Crippen LogP contribution in [0.4, 0.5) is 0 Å². The zero-order valence-corrected chi connectivity index (χ0v) is 7.14. The highest BCUT2D eigenvalue weighted by Gasteiger charge is 2.04. The minimum atomic E-state index is -0.283. The molecule has 1 aromatic rings. The van der Waals surface area contributed by atoms with Crippen molar-refractivity contribution >= 4 is 0 Å². The third-order valence-corrected chi connectivity index (χ3v) is 1.74. The van der Waals surface area contributed by atoms with Crippen molar-refractivity contribution in [2.45, 2.75) is 20.3 Å². The van der Waals surface area contributed by atoms with Gasteiger partial charge in [0, 0.05) is 5.69 Å². The first-order valence-electron chi connectivity index (χ1n) is 3.82. The van der Waals surface area contributed by atoms with E-state index in [1.54, 1.807) is 0 Å². The summed E-state index contributed by atoms with van der Waals surface area (Å²) >= 11 is 0. The van der Waals surface area contributed by atoms with Crippen molar-refractivity contribution in [2.24, 2.45) is 0 Å². The fourth-order valence-electron chi connectivity index (χ4n) is 1.16. The van der Waals surface area contributed by atoms with Crippen molar-refractivity contribution in [1.29, 1.82) is 5.26 Å². The molecule has 3 heteroatoms. The van der Waals surface area contributed by atoms with Crippen LogP contribution < -0.4 is 5.56 Å². The summed E-state index contributed by atoms with van der Waals surface area (Å²) in [5.74, 6) is 0. The number of aromatic nitrogens is 1. The van der Waals surface area contributed by atoms with E-state index in [1.807, 2.05) is 26.0 Å². The summed E-state index contributed by atoms with van der Waals surface area (Å²) in [6.07, 6.45) is 0.716. The average molecular weight is 162 g/mol. The molecule has 1 aromatic heterocycles. The molecule has 1 rings (SSSR count). The van der Waals surface area contributed by atoms with Crippen molar-refractivity contribution in [3.63, 3.8) is 0 Å². The monoisotopic (exact) mass is 162 g/mol. The van der Waals surface area contributed by atoms with Crippen LogP contribution in [0.5, 0.6) is 0 Å². The average Bonchev–Trinajstić information content (AvgIpc) is 2.03. The maximum Gasteiger partial charge on any atom is 0.266 e. The fourth-order valence-corrected chi connectivity index (χ4v) is 1.16. The highest BCUT2D eigenvalue weighted by Crippen LogP contribution is 2.04. The normalized spacial score (nSPS) is 9.42. The van der Waals surface area contributed by atoms with Crippen molar-refractivity contribution in [3.05, 3.63) is 33.2 Å². The van der Waals surface area contributed by atoms with Gasteiger partial charge in [0.2, 0.25) is 0 Å². The molecule has 0 spiro atoms. The number of nitrogens with zero attached hydrogens (tertiary/aromatic N) is 1. The van der Waals surface area contributed by atoms with Crippen LogP contribution in [-0.4, -0.2) is 4.98 Å². The third-order valence-electron chi connectivity index (χ3n) is 1.74. The highest BCUT2D eigenvalue weighted by molar-refractivity contribution is 5.36. The topological polar surface area (TPSA) is 56.6 Å². The lowest BCUT2D eigenvalue weighted by Crippen LogP contribution is -2.13. The van der Waals surface area contributed by atoms with Crippen LogP contribution in [0.2, 0.25) is 0 Å². The number of nitriles is 1. The summed E-state index contributed by atoms with van der Waals surface area (Å²) in [4.78, 5) is 13.8. The van der Waals surface area contributed by atoms with Gasteiger partial charge in [0.15, 0.2) is 0 Å². The van der Waals surface area contributed by atoms with Gasteiger partial charge in [-0.15, -0.1) is 0 Å². The number of hydrogen-bond acceptors (Lipinski definition) is 2. The second-order valence-corrected chi connectivity index (χ2v) is 2.65. The second kappa shape index (κ2) is 3.22. The Kier molecular flexibility index (Phi) is 2.29. The van der Waals surface area contributed by atoms with E-state index in [2.05, 4.69) is 4.98 Å². The van der Waals surface area contributed by atoms with Crippen LogP contribution in [0.1, 0.15) is 23.7 Å². The fraction of sp³-hybridized carbons (Fsp3) is 0.333. The van der Waals surface area contributed by atoms with E-state index in [4.69, 9.17) is 5.26 Å². The summed E-state index contributed by atoms with van der Waals surface area (Å²) in [5.41, 5.74) is 1.58. The standard InChI is InChI=1S/C9H10N2O/c1-3-7-4-6(2)11-9(12)8(7)5-10/h4H,3H2,1-2H3,(H,11,12). The van der Waals surface area contributed by atoms with Crippen LogP contribution in [0.3, 0.4) is 0 Å².